The highest BCUT2D eigenvalue weighted by molar-refractivity contribution is 8.60. The van der Waals surface area contributed by atoms with Crippen molar-refractivity contribution in [3.05, 3.63) is 17.5 Å². The summed E-state index contributed by atoms with van der Waals surface area (Å²) in [5.41, 5.74) is 7.02. The maximum absolute atomic E-state index is 5.41. The fourth-order valence-electron chi connectivity index (χ4n) is 7.68. The predicted octanol–water partition coefficient (Wildman–Crippen LogP) is 10.9. The summed E-state index contributed by atoms with van der Waals surface area (Å²) in [6, 6.07) is 2.43. The van der Waals surface area contributed by atoms with Crippen LogP contribution in [0.5, 0.6) is 0 Å². The highest BCUT2D eigenvalue weighted by Crippen LogP contribution is 2.94. The van der Waals surface area contributed by atoms with Crippen molar-refractivity contribution in [1.82, 2.24) is 9.55 Å². The van der Waals surface area contributed by atoms with Crippen LogP contribution < -0.4 is 0 Å². The van der Waals surface area contributed by atoms with Gasteiger partial charge in [-0.25, -0.2) is 4.45 Å². The molecule has 4 aliphatic rings. The van der Waals surface area contributed by atoms with E-state index in [1.807, 2.05) is 0 Å². The number of hydrogen-bond acceptors (Lipinski definition) is 1. The molecule has 0 spiro atoms. The van der Waals surface area contributed by atoms with Crippen molar-refractivity contribution in [3.8, 4) is 0 Å². The molecule has 0 bridgehead atoms. The van der Waals surface area contributed by atoms with Crippen molar-refractivity contribution in [1.29, 1.82) is 0 Å². The van der Waals surface area contributed by atoms with E-state index in [0.717, 1.165) is 22.6 Å². The normalized spacial score (nSPS) is 25.1. The zero-order chi connectivity index (χ0) is 23.3. The van der Waals surface area contributed by atoms with E-state index in [1.54, 1.807) is 51.4 Å². The predicted molar refractivity (Wildman–Crippen MR) is 155 cm³/mol. The monoisotopic (exact) mass is 520 g/mol. The summed E-state index contributed by atoms with van der Waals surface area (Å²) >= 11 is 0. The molecule has 4 aliphatic carbocycles. The topological polar surface area (TPSA) is 17.8 Å². The van der Waals surface area contributed by atoms with Crippen LogP contribution in [-0.4, -0.2) is 32.2 Å². The van der Waals surface area contributed by atoms with Crippen LogP contribution in [0.25, 0.3) is 0 Å². The molecule has 2 nitrogen and oxygen atoms in total. The van der Waals surface area contributed by atoms with Gasteiger partial charge in [0.05, 0.1) is 13.1 Å². The van der Waals surface area contributed by atoms with Gasteiger partial charge in [0.2, 0.25) is 0 Å². The highest BCUT2D eigenvalue weighted by atomic mass is 32.5. The van der Waals surface area contributed by atoms with E-state index in [2.05, 4.69) is 24.4 Å². The summed E-state index contributed by atoms with van der Waals surface area (Å²) in [5, 5.41) is 5.41. The standard InChI is InChI=1S/C29H51N2P3/c1-24-23-25(2)31(30-24)34(32(26-15-7-3-8-16-26)27-17-9-4-10-18-27)33(28-19-11-5-12-20-28)29-21-13-6-14-22-29/h23,26-29H,3-22H2,1-2H3. The van der Waals surface area contributed by atoms with E-state index in [4.69, 9.17) is 5.10 Å². The second kappa shape index (κ2) is 12.8. The second-order valence-electron chi connectivity index (χ2n) is 12.0. The van der Waals surface area contributed by atoms with Crippen molar-refractivity contribution in [2.24, 2.45) is 0 Å². The number of hydrogen-bond donors (Lipinski definition) is 0. The molecule has 34 heavy (non-hydrogen) atoms. The largest absolute Gasteiger partial charge is 0.241 e. The lowest BCUT2D eigenvalue weighted by Gasteiger charge is -2.50. The first-order chi connectivity index (χ1) is 16.7. The molecule has 0 amide bonds. The van der Waals surface area contributed by atoms with Crippen LogP contribution in [0.4, 0.5) is 0 Å². The maximum Gasteiger partial charge on any atom is 0.0667 e. The molecular weight excluding hydrogens is 469 g/mol. The quantitative estimate of drug-likeness (QED) is 0.327. The van der Waals surface area contributed by atoms with Crippen LogP contribution in [0.2, 0.25) is 0 Å². The third kappa shape index (κ3) is 6.14. The minimum atomic E-state index is -0.139. The summed E-state index contributed by atoms with van der Waals surface area (Å²) in [7, 11) is -0.00779. The Kier molecular flexibility index (Phi) is 9.86. The van der Waals surface area contributed by atoms with Crippen LogP contribution in [0.3, 0.4) is 0 Å². The fourth-order valence-corrected chi connectivity index (χ4v) is 31.5. The number of aromatic nitrogens is 2. The zero-order valence-electron chi connectivity index (χ0n) is 22.3. The lowest BCUT2D eigenvalue weighted by molar-refractivity contribution is 0.486. The van der Waals surface area contributed by atoms with E-state index in [-0.39, 0.29) is 22.7 Å². The maximum atomic E-state index is 5.41. The minimum Gasteiger partial charge on any atom is -0.241 e. The Morgan fingerprint density at radius 3 is 1.15 bits per heavy atom. The van der Waals surface area contributed by atoms with E-state index < -0.39 is 0 Å². The summed E-state index contributed by atoms with van der Waals surface area (Å²) in [6.07, 6.45) is 30.6. The van der Waals surface area contributed by atoms with Crippen molar-refractivity contribution >= 4 is 22.7 Å². The average Bonchev–Trinajstić information content (AvgIpc) is 3.23. The van der Waals surface area contributed by atoms with Crippen LogP contribution >= 0.6 is 22.7 Å². The van der Waals surface area contributed by atoms with Gasteiger partial charge in [-0.15, -0.1) is 0 Å². The molecule has 4 fully saturated rings. The molecule has 192 valence electrons. The average molecular weight is 521 g/mol. The molecule has 0 aliphatic heterocycles. The Labute approximate surface area is 214 Å². The van der Waals surface area contributed by atoms with E-state index >= 15 is 0 Å². The minimum absolute atomic E-state index is 0.0655. The molecule has 4 saturated carbocycles. The molecule has 1 aromatic heterocycles. The molecule has 0 radical (unpaired) electrons. The summed E-state index contributed by atoms with van der Waals surface area (Å²) in [4.78, 5) is 0. The van der Waals surface area contributed by atoms with E-state index in [9.17, 15) is 0 Å². The first-order valence-corrected chi connectivity index (χ1v) is 20.8. The summed E-state index contributed by atoms with van der Waals surface area (Å²) in [5.74, 6) is 0. The Hall–Kier alpha value is 0.500. The molecule has 0 N–H and O–H groups in total. The Morgan fingerprint density at radius 2 is 0.882 bits per heavy atom. The van der Waals surface area contributed by atoms with Crippen LogP contribution in [0.15, 0.2) is 6.07 Å². The van der Waals surface area contributed by atoms with Crippen LogP contribution in [-0.2, 0) is 0 Å². The van der Waals surface area contributed by atoms with Crippen molar-refractivity contribution in [3.63, 3.8) is 0 Å². The van der Waals surface area contributed by atoms with Gasteiger partial charge in [0, 0.05) is 5.69 Å². The van der Waals surface area contributed by atoms with Gasteiger partial charge in [-0.2, -0.15) is 5.10 Å². The summed E-state index contributed by atoms with van der Waals surface area (Å²) in [6.45, 7) is 4.68. The molecule has 1 heterocycles. The van der Waals surface area contributed by atoms with Crippen LogP contribution in [0, 0.1) is 13.8 Å². The molecule has 0 unspecified atom stereocenters. The van der Waals surface area contributed by atoms with E-state index in [1.165, 1.54) is 88.4 Å². The lowest BCUT2D eigenvalue weighted by atomic mass is 10.00. The van der Waals surface area contributed by atoms with Gasteiger partial charge >= 0.3 is 0 Å². The Morgan fingerprint density at radius 1 is 0.559 bits per heavy atom. The van der Waals surface area contributed by atoms with Gasteiger partial charge in [0.25, 0.3) is 0 Å². The fraction of sp³-hybridized carbons (Fsp3) is 0.897. The first kappa shape index (κ1) is 26.1. The van der Waals surface area contributed by atoms with Gasteiger partial charge in [0.15, 0.2) is 0 Å². The zero-order valence-corrected chi connectivity index (χ0v) is 24.9. The van der Waals surface area contributed by atoms with Gasteiger partial charge < -0.3 is 0 Å². The third-order valence-corrected chi connectivity index (χ3v) is 27.1. The molecule has 0 saturated heterocycles. The Balaban J connectivity index is 1.59. The van der Waals surface area contributed by atoms with E-state index in [0.29, 0.717) is 0 Å². The van der Waals surface area contributed by atoms with Gasteiger partial charge in [0.1, 0.15) is 0 Å². The summed E-state index contributed by atoms with van der Waals surface area (Å²) < 4.78 is 2.79. The molecule has 5 rings (SSSR count). The van der Waals surface area contributed by atoms with Gasteiger partial charge in [-0.1, -0.05) is 77.0 Å². The number of rotatable bonds is 7. The smallest absolute Gasteiger partial charge is 0.0667 e. The van der Waals surface area contributed by atoms with Crippen molar-refractivity contribution in [2.75, 3.05) is 0 Å². The first-order valence-electron chi connectivity index (χ1n) is 15.1. The SMILES string of the molecule is Cc1cc(C)n(P(P(C2CCCCC2)C2CCCCC2)P(C2CCCCC2)C2CCCCC2)n1. The molecule has 0 atom stereocenters. The number of nitrogens with zero attached hydrogens (tertiary/aromatic N) is 2. The van der Waals surface area contributed by atoms with Gasteiger partial charge in [-0.05, 0) is 109 Å². The molecule has 1 aromatic rings. The second-order valence-corrected chi connectivity index (χ2v) is 23.4. The molecular formula is C29H51N2P3. The van der Waals surface area contributed by atoms with Crippen molar-refractivity contribution < 1.29 is 0 Å². The van der Waals surface area contributed by atoms with Crippen molar-refractivity contribution in [2.45, 2.75) is 165 Å². The number of aryl methyl sites for hydroxylation is 2. The highest BCUT2D eigenvalue weighted by Gasteiger charge is 2.47. The lowest BCUT2D eigenvalue weighted by Crippen LogP contribution is -2.25. The van der Waals surface area contributed by atoms with Gasteiger partial charge in [-0.3, -0.25) is 0 Å². The molecule has 5 heteroatoms. The Bertz CT molecular complexity index is 665. The molecule has 0 aromatic carbocycles. The van der Waals surface area contributed by atoms with Crippen LogP contribution in [0.1, 0.15) is 140 Å². The third-order valence-electron chi connectivity index (χ3n) is 9.36.